The van der Waals surface area contributed by atoms with Gasteiger partial charge in [-0.25, -0.2) is 0 Å². The number of aliphatic hydroxyl groups excluding tert-OH is 1. The van der Waals surface area contributed by atoms with Crippen molar-refractivity contribution >= 4 is 0 Å². The van der Waals surface area contributed by atoms with E-state index >= 15 is 0 Å². The van der Waals surface area contributed by atoms with Crippen LogP contribution >= 0.6 is 0 Å². The molecule has 2 aromatic rings. The van der Waals surface area contributed by atoms with Gasteiger partial charge in [-0.05, 0) is 30.0 Å². The number of aliphatic hydroxyl groups is 1. The predicted molar refractivity (Wildman–Crippen MR) is 67.3 cm³/mol. The molecule has 2 aromatic carbocycles. The van der Waals surface area contributed by atoms with Crippen molar-refractivity contribution in [2.45, 2.75) is 19.4 Å². The highest BCUT2D eigenvalue weighted by molar-refractivity contribution is 5.63. The van der Waals surface area contributed by atoms with E-state index in [0.717, 1.165) is 6.42 Å². The Kier molecular flexibility index (Phi) is 3.37. The molecule has 0 spiro atoms. The summed E-state index contributed by atoms with van der Waals surface area (Å²) >= 11 is 0. The molecule has 0 aliphatic heterocycles. The lowest BCUT2D eigenvalue weighted by molar-refractivity contribution is 0.195. The fraction of sp³-hybridized carbons (Fsp3) is 0.200. The van der Waals surface area contributed by atoms with Crippen LogP contribution in [0.1, 0.15) is 12.5 Å². The first-order chi connectivity index (χ1) is 7.75. The summed E-state index contributed by atoms with van der Waals surface area (Å²) < 4.78 is 0. The number of rotatable bonds is 3. The Bertz CT molecular complexity index is 429. The quantitative estimate of drug-likeness (QED) is 0.827. The molecular formula is C15H16O. The number of benzene rings is 2. The van der Waals surface area contributed by atoms with Crippen LogP contribution < -0.4 is 0 Å². The maximum Gasteiger partial charge on any atom is 0.0552 e. The van der Waals surface area contributed by atoms with E-state index < -0.39 is 0 Å². The van der Waals surface area contributed by atoms with E-state index in [2.05, 4.69) is 36.4 Å². The Morgan fingerprint density at radius 3 is 2.00 bits per heavy atom. The zero-order valence-corrected chi connectivity index (χ0v) is 9.43. The second-order valence-corrected chi connectivity index (χ2v) is 4.12. The van der Waals surface area contributed by atoms with Gasteiger partial charge in [0, 0.05) is 0 Å². The fourth-order valence-electron chi connectivity index (χ4n) is 1.80. The van der Waals surface area contributed by atoms with E-state index in [-0.39, 0.29) is 6.10 Å². The molecule has 0 aliphatic rings. The van der Waals surface area contributed by atoms with E-state index in [1.54, 1.807) is 0 Å². The molecule has 0 radical (unpaired) electrons. The molecule has 1 unspecified atom stereocenters. The van der Waals surface area contributed by atoms with Crippen LogP contribution in [0.5, 0.6) is 0 Å². The largest absolute Gasteiger partial charge is 0.393 e. The first-order valence-electron chi connectivity index (χ1n) is 5.58. The third kappa shape index (κ3) is 2.71. The molecule has 0 saturated heterocycles. The first-order valence-corrected chi connectivity index (χ1v) is 5.58. The molecule has 1 atom stereocenters. The molecule has 1 N–H and O–H groups in total. The minimum Gasteiger partial charge on any atom is -0.393 e. The van der Waals surface area contributed by atoms with Gasteiger partial charge < -0.3 is 5.11 Å². The van der Waals surface area contributed by atoms with Crippen LogP contribution in [-0.2, 0) is 6.42 Å². The maximum absolute atomic E-state index is 9.29. The van der Waals surface area contributed by atoms with Crippen LogP contribution in [0.25, 0.3) is 11.1 Å². The summed E-state index contributed by atoms with van der Waals surface area (Å²) in [5.41, 5.74) is 3.62. The van der Waals surface area contributed by atoms with Crippen molar-refractivity contribution in [2.75, 3.05) is 0 Å². The molecule has 1 nitrogen and oxygen atoms in total. The highest BCUT2D eigenvalue weighted by Gasteiger charge is 2.00. The van der Waals surface area contributed by atoms with Gasteiger partial charge in [-0.2, -0.15) is 0 Å². The standard InChI is InChI=1S/C15H16O/c1-12(16)11-13-7-9-15(10-8-13)14-5-3-2-4-6-14/h2-10,12,16H,11H2,1H3. The van der Waals surface area contributed by atoms with Gasteiger partial charge in [0.15, 0.2) is 0 Å². The van der Waals surface area contributed by atoms with Crippen molar-refractivity contribution in [1.82, 2.24) is 0 Å². The van der Waals surface area contributed by atoms with Gasteiger partial charge in [0.05, 0.1) is 6.10 Å². The number of hydrogen-bond acceptors (Lipinski definition) is 1. The van der Waals surface area contributed by atoms with E-state index in [4.69, 9.17) is 0 Å². The van der Waals surface area contributed by atoms with Crippen LogP contribution in [0.4, 0.5) is 0 Å². The Morgan fingerprint density at radius 1 is 0.875 bits per heavy atom. The molecule has 16 heavy (non-hydrogen) atoms. The Labute approximate surface area is 96.4 Å². The maximum atomic E-state index is 9.29. The molecule has 0 aliphatic carbocycles. The lowest BCUT2D eigenvalue weighted by Crippen LogP contribution is -2.03. The van der Waals surface area contributed by atoms with Crippen LogP contribution in [-0.4, -0.2) is 11.2 Å². The Balaban J connectivity index is 2.20. The fourth-order valence-corrected chi connectivity index (χ4v) is 1.80. The molecule has 0 amide bonds. The van der Waals surface area contributed by atoms with Gasteiger partial charge in [0.25, 0.3) is 0 Å². The van der Waals surface area contributed by atoms with Crippen LogP contribution in [0, 0.1) is 0 Å². The molecule has 0 saturated carbocycles. The Hall–Kier alpha value is -1.60. The molecule has 82 valence electrons. The smallest absolute Gasteiger partial charge is 0.0552 e. The SMILES string of the molecule is CC(O)Cc1ccc(-c2ccccc2)cc1. The van der Waals surface area contributed by atoms with Crippen LogP contribution in [0.3, 0.4) is 0 Å². The monoisotopic (exact) mass is 212 g/mol. The van der Waals surface area contributed by atoms with Crippen molar-refractivity contribution in [2.24, 2.45) is 0 Å². The average molecular weight is 212 g/mol. The molecule has 2 rings (SSSR count). The second-order valence-electron chi connectivity index (χ2n) is 4.12. The zero-order valence-electron chi connectivity index (χ0n) is 9.43. The second kappa shape index (κ2) is 4.95. The zero-order chi connectivity index (χ0) is 11.4. The van der Waals surface area contributed by atoms with Crippen molar-refractivity contribution in [3.63, 3.8) is 0 Å². The van der Waals surface area contributed by atoms with Crippen LogP contribution in [0.15, 0.2) is 54.6 Å². The van der Waals surface area contributed by atoms with Gasteiger partial charge in [0.1, 0.15) is 0 Å². The highest BCUT2D eigenvalue weighted by atomic mass is 16.3. The van der Waals surface area contributed by atoms with E-state index in [9.17, 15) is 5.11 Å². The summed E-state index contributed by atoms with van der Waals surface area (Å²) in [4.78, 5) is 0. The lowest BCUT2D eigenvalue weighted by Gasteiger charge is -2.06. The minimum atomic E-state index is -0.275. The van der Waals surface area contributed by atoms with E-state index in [1.807, 2.05) is 25.1 Å². The summed E-state index contributed by atoms with van der Waals surface area (Å²) in [6, 6.07) is 18.7. The van der Waals surface area contributed by atoms with Crippen LogP contribution in [0.2, 0.25) is 0 Å². The molecule has 0 aromatic heterocycles. The van der Waals surface area contributed by atoms with E-state index in [0.29, 0.717) is 0 Å². The molecular weight excluding hydrogens is 196 g/mol. The van der Waals surface area contributed by atoms with E-state index in [1.165, 1.54) is 16.7 Å². The van der Waals surface area contributed by atoms with Crippen molar-refractivity contribution in [3.05, 3.63) is 60.2 Å². The van der Waals surface area contributed by atoms with Crippen molar-refractivity contribution in [3.8, 4) is 11.1 Å². The topological polar surface area (TPSA) is 20.2 Å². The normalized spacial score (nSPS) is 12.4. The van der Waals surface area contributed by atoms with Gasteiger partial charge >= 0.3 is 0 Å². The summed E-state index contributed by atoms with van der Waals surface area (Å²) in [5, 5.41) is 9.29. The lowest BCUT2D eigenvalue weighted by atomic mass is 10.0. The summed E-state index contributed by atoms with van der Waals surface area (Å²) in [6.07, 6.45) is 0.442. The summed E-state index contributed by atoms with van der Waals surface area (Å²) in [5.74, 6) is 0. The highest BCUT2D eigenvalue weighted by Crippen LogP contribution is 2.19. The van der Waals surface area contributed by atoms with Crippen molar-refractivity contribution < 1.29 is 5.11 Å². The number of hydrogen-bond donors (Lipinski definition) is 1. The molecule has 0 bridgehead atoms. The third-order valence-corrected chi connectivity index (χ3v) is 2.59. The third-order valence-electron chi connectivity index (χ3n) is 2.59. The summed E-state index contributed by atoms with van der Waals surface area (Å²) in [7, 11) is 0. The molecule has 1 heteroatoms. The minimum absolute atomic E-state index is 0.275. The van der Waals surface area contributed by atoms with Gasteiger partial charge in [-0.3, -0.25) is 0 Å². The van der Waals surface area contributed by atoms with Crippen molar-refractivity contribution in [1.29, 1.82) is 0 Å². The molecule has 0 heterocycles. The predicted octanol–water partition coefficient (Wildman–Crippen LogP) is 3.28. The average Bonchev–Trinajstić information content (AvgIpc) is 2.30. The van der Waals surface area contributed by atoms with Gasteiger partial charge in [-0.15, -0.1) is 0 Å². The van der Waals surface area contributed by atoms with Gasteiger partial charge in [-0.1, -0.05) is 54.6 Å². The summed E-state index contributed by atoms with van der Waals surface area (Å²) in [6.45, 7) is 1.81. The van der Waals surface area contributed by atoms with Gasteiger partial charge in [0.2, 0.25) is 0 Å². The molecule has 0 fully saturated rings. The Morgan fingerprint density at radius 2 is 1.44 bits per heavy atom. The first kappa shape index (κ1) is 10.9.